The number of ether oxygens (including phenoxy) is 1. The predicted octanol–water partition coefficient (Wildman–Crippen LogP) is 3.61. The number of fused-ring (bicyclic) bond motifs is 1. The van der Waals surface area contributed by atoms with Crippen LogP contribution in [0.3, 0.4) is 0 Å². The third-order valence-electron chi connectivity index (χ3n) is 3.88. The first-order valence-corrected chi connectivity index (χ1v) is 7.85. The number of nitrogens with one attached hydrogen (secondary N) is 1. The maximum Gasteiger partial charge on any atom is 0.449 e. The van der Waals surface area contributed by atoms with Gasteiger partial charge in [0.25, 0.3) is 5.69 Å². The highest BCUT2D eigenvalue weighted by molar-refractivity contribution is 5.93. The number of carbonyl (C=O) groups is 1. The zero-order valence-corrected chi connectivity index (χ0v) is 14.4. The number of halogens is 3. The Morgan fingerprint density at radius 1 is 1.29 bits per heavy atom. The van der Waals surface area contributed by atoms with Crippen LogP contribution in [0, 0.1) is 10.1 Å². The van der Waals surface area contributed by atoms with Crippen LogP contribution in [0.5, 0.6) is 5.75 Å². The molecule has 0 fully saturated rings. The molecule has 2 aromatic carbocycles. The van der Waals surface area contributed by atoms with Crippen molar-refractivity contribution in [1.29, 1.82) is 0 Å². The van der Waals surface area contributed by atoms with Gasteiger partial charge in [-0.25, -0.2) is 4.98 Å². The number of imidazole rings is 1. The predicted molar refractivity (Wildman–Crippen MR) is 93.0 cm³/mol. The Labute approximate surface area is 155 Å². The van der Waals surface area contributed by atoms with E-state index >= 15 is 0 Å². The molecule has 0 aliphatic heterocycles. The standard InChI is InChI=1S/C17H13F3N4O4/c1-28-14-8-10(24(26)27)6-7-12(14)21-15(25)9-23-13-5-3-2-4-11(13)22-16(23)17(18,19)20/h2-8H,9H2,1H3,(H,21,25). The number of para-hydroxylation sites is 2. The van der Waals surface area contributed by atoms with Gasteiger partial charge in [-0.3, -0.25) is 14.9 Å². The van der Waals surface area contributed by atoms with Gasteiger partial charge in [0.15, 0.2) is 0 Å². The summed E-state index contributed by atoms with van der Waals surface area (Å²) in [6.07, 6.45) is -4.75. The minimum Gasteiger partial charge on any atom is -0.494 e. The highest BCUT2D eigenvalue weighted by Gasteiger charge is 2.38. The Hall–Kier alpha value is -3.63. The van der Waals surface area contributed by atoms with Gasteiger partial charge in [0.05, 0.1) is 34.8 Å². The summed E-state index contributed by atoms with van der Waals surface area (Å²) in [5.41, 5.74) is 0.0991. The monoisotopic (exact) mass is 394 g/mol. The highest BCUT2D eigenvalue weighted by atomic mass is 19.4. The van der Waals surface area contributed by atoms with Crippen molar-refractivity contribution in [3.8, 4) is 5.75 Å². The average molecular weight is 394 g/mol. The van der Waals surface area contributed by atoms with Crippen LogP contribution in [-0.2, 0) is 17.5 Å². The molecule has 0 saturated carbocycles. The van der Waals surface area contributed by atoms with E-state index in [-0.39, 0.29) is 28.2 Å². The normalized spacial score (nSPS) is 11.4. The van der Waals surface area contributed by atoms with E-state index in [0.717, 1.165) is 16.7 Å². The Kier molecular flexibility index (Phi) is 4.91. The Bertz CT molecular complexity index is 1060. The van der Waals surface area contributed by atoms with Gasteiger partial charge >= 0.3 is 6.18 Å². The molecular weight excluding hydrogens is 381 g/mol. The molecule has 1 aromatic heterocycles. The minimum atomic E-state index is -4.75. The van der Waals surface area contributed by atoms with Crippen LogP contribution in [0.15, 0.2) is 42.5 Å². The Morgan fingerprint density at radius 2 is 2.00 bits per heavy atom. The molecule has 3 rings (SSSR count). The first kappa shape index (κ1) is 19.1. The second-order valence-electron chi connectivity index (χ2n) is 5.70. The molecule has 0 aliphatic carbocycles. The number of anilines is 1. The number of hydrogen-bond acceptors (Lipinski definition) is 5. The van der Waals surface area contributed by atoms with E-state index in [9.17, 15) is 28.1 Å². The smallest absolute Gasteiger partial charge is 0.449 e. The second kappa shape index (κ2) is 7.18. The van der Waals surface area contributed by atoms with E-state index in [4.69, 9.17) is 4.74 Å². The zero-order valence-electron chi connectivity index (χ0n) is 14.4. The number of carbonyl (C=O) groups excluding carboxylic acids is 1. The van der Waals surface area contributed by atoms with Gasteiger partial charge in [0.2, 0.25) is 11.7 Å². The number of methoxy groups -OCH3 is 1. The fourth-order valence-corrected chi connectivity index (χ4v) is 2.68. The highest BCUT2D eigenvalue weighted by Crippen LogP contribution is 2.32. The van der Waals surface area contributed by atoms with Gasteiger partial charge in [0.1, 0.15) is 12.3 Å². The number of rotatable bonds is 5. The molecule has 3 aromatic rings. The maximum atomic E-state index is 13.3. The lowest BCUT2D eigenvalue weighted by molar-refractivity contribution is -0.384. The Balaban J connectivity index is 1.91. The lowest BCUT2D eigenvalue weighted by Gasteiger charge is -2.13. The van der Waals surface area contributed by atoms with E-state index in [1.54, 1.807) is 6.07 Å². The molecule has 0 aliphatic rings. The van der Waals surface area contributed by atoms with Crippen LogP contribution in [-0.4, -0.2) is 27.5 Å². The molecule has 1 amide bonds. The molecule has 146 valence electrons. The zero-order chi connectivity index (χ0) is 20.5. The molecule has 0 atom stereocenters. The van der Waals surface area contributed by atoms with Crippen LogP contribution in [0.1, 0.15) is 5.82 Å². The second-order valence-corrected chi connectivity index (χ2v) is 5.70. The van der Waals surface area contributed by atoms with E-state index in [0.29, 0.717) is 0 Å². The van der Waals surface area contributed by atoms with Crippen molar-refractivity contribution < 1.29 is 27.6 Å². The van der Waals surface area contributed by atoms with Crippen molar-refractivity contribution in [3.63, 3.8) is 0 Å². The molecule has 11 heteroatoms. The van der Waals surface area contributed by atoms with Crippen molar-refractivity contribution >= 4 is 28.3 Å². The third kappa shape index (κ3) is 3.72. The summed E-state index contributed by atoms with van der Waals surface area (Å²) < 4.78 is 45.7. The van der Waals surface area contributed by atoms with Crippen LogP contribution >= 0.6 is 0 Å². The van der Waals surface area contributed by atoms with Gasteiger partial charge in [-0.2, -0.15) is 13.2 Å². The number of non-ortho nitro benzene ring substituents is 1. The number of hydrogen-bond donors (Lipinski definition) is 1. The van der Waals surface area contributed by atoms with Gasteiger partial charge in [-0.1, -0.05) is 12.1 Å². The fourth-order valence-electron chi connectivity index (χ4n) is 2.68. The van der Waals surface area contributed by atoms with Gasteiger partial charge < -0.3 is 14.6 Å². The molecule has 0 spiro atoms. The van der Waals surface area contributed by atoms with Crippen molar-refractivity contribution in [2.24, 2.45) is 0 Å². The lowest BCUT2D eigenvalue weighted by atomic mass is 10.2. The molecule has 28 heavy (non-hydrogen) atoms. The van der Waals surface area contributed by atoms with E-state index < -0.39 is 29.4 Å². The van der Waals surface area contributed by atoms with Gasteiger partial charge in [-0.15, -0.1) is 0 Å². The molecule has 1 heterocycles. The van der Waals surface area contributed by atoms with Gasteiger partial charge in [-0.05, 0) is 18.2 Å². The Morgan fingerprint density at radius 3 is 2.64 bits per heavy atom. The van der Waals surface area contributed by atoms with Crippen LogP contribution in [0.25, 0.3) is 11.0 Å². The van der Waals surface area contributed by atoms with E-state index in [1.165, 1.54) is 31.4 Å². The van der Waals surface area contributed by atoms with Crippen molar-refractivity contribution in [3.05, 3.63) is 58.4 Å². The summed E-state index contributed by atoms with van der Waals surface area (Å²) in [6.45, 7) is -0.657. The number of nitrogens with zero attached hydrogens (tertiary/aromatic N) is 3. The molecule has 0 saturated heterocycles. The SMILES string of the molecule is COc1cc([N+](=O)[O-])ccc1NC(=O)Cn1c(C(F)(F)F)nc2ccccc21. The van der Waals surface area contributed by atoms with Crippen LogP contribution in [0.4, 0.5) is 24.5 Å². The van der Waals surface area contributed by atoms with Gasteiger partial charge in [0, 0.05) is 6.07 Å². The number of aromatic nitrogens is 2. The number of nitro groups is 1. The fraction of sp³-hybridized carbons (Fsp3) is 0.176. The summed E-state index contributed by atoms with van der Waals surface area (Å²) in [5.74, 6) is -1.96. The van der Waals surface area contributed by atoms with Crippen LogP contribution < -0.4 is 10.1 Å². The number of alkyl halides is 3. The van der Waals surface area contributed by atoms with Crippen LogP contribution in [0.2, 0.25) is 0 Å². The average Bonchev–Trinajstić information content (AvgIpc) is 3.01. The van der Waals surface area contributed by atoms with Crippen molar-refractivity contribution in [2.75, 3.05) is 12.4 Å². The first-order chi connectivity index (χ1) is 13.2. The third-order valence-corrected chi connectivity index (χ3v) is 3.88. The number of amides is 1. The summed E-state index contributed by atoms with van der Waals surface area (Å²) in [6, 6.07) is 9.41. The summed E-state index contributed by atoms with van der Waals surface area (Å²) in [5, 5.41) is 13.2. The summed E-state index contributed by atoms with van der Waals surface area (Å²) in [7, 11) is 1.25. The number of nitro benzene ring substituents is 1. The quantitative estimate of drug-likeness (QED) is 0.526. The largest absolute Gasteiger partial charge is 0.494 e. The van der Waals surface area contributed by atoms with Crippen molar-refractivity contribution in [1.82, 2.24) is 9.55 Å². The summed E-state index contributed by atoms with van der Waals surface area (Å²) in [4.78, 5) is 26.1. The topological polar surface area (TPSA) is 99.3 Å². The van der Waals surface area contributed by atoms with E-state index in [2.05, 4.69) is 10.3 Å². The minimum absolute atomic E-state index is 0.00841. The van der Waals surface area contributed by atoms with E-state index in [1.807, 2.05) is 0 Å². The molecule has 8 nitrogen and oxygen atoms in total. The lowest BCUT2D eigenvalue weighted by Crippen LogP contribution is -2.23. The molecule has 0 radical (unpaired) electrons. The maximum absolute atomic E-state index is 13.3. The number of benzene rings is 2. The first-order valence-electron chi connectivity index (χ1n) is 7.85. The molecular formula is C17H13F3N4O4. The van der Waals surface area contributed by atoms with Crippen molar-refractivity contribution in [2.45, 2.75) is 12.7 Å². The molecule has 0 unspecified atom stereocenters. The molecule has 0 bridgehead atoms. The summed E-state index contributed by atoms with van der Waals surface area (Å²) >= 11 is 0. The molecule has 1 N–H and O–H groups in total.